The highest BCUT2D eigenvalue weighted by Crippen LogP contribution is 2.22. The lowest BCUT2D eigenvalue weighted by Gasteiger charge is -2.10. The van der Waals surface area contributed by atoms with E-state index in [1.165, 1.54) is 5.56 Å². The monoisotopic (exact) mass is 225 g/mol. The number of benzene rings is 1. The molecule has 15 heavy (non-hydrogen) atoms. The van der Waals surface area contributed by atoms with Crippen LogP contribution in [-0.4, -0.2) is 19.4 Å². The molecule has 1 rings (SSSR count). The molecule has 3 heteroatoms. The Morgan fingerprint density at radius 3 is 2.80 bits per heavy atom. The van der Waals surface area contributed by atoms with Crippen molar-refractivity contribution in [3.63, 3.8) is 0 Å². The second-order valence-electron chi connectivity index (χ2n) is 3.38. The van der Waals surface area contributed by atoms with Gasteiger partial charge in [-0.2, -0.15) is 12.6 Å². The first-order valence-electron chi connectivity index (χ1n) is 5.33. The van der Waals surface area contributed by atoms with Crippen LogP contribution in [0.3, 0.4) is 0 Å². The number of thiol groups is 1. The summed E-state index contributed by atoms with van der Waals surface area (Å²) in [5.74, 6) is 1.89. The van der Waals surface area contributed by atoms with Gasteiger partial charge in [0.2, 0.25) is 0 Å². The molecule has 0 atom stereocenters. The lowest BCUT2D eigenvalue weighted by atomic mass is 10.1. The smallest absolute Gasteiger partial charge is 0.122 e. The van der Waals surface area contributed by atoms with Crippen LogP contribution in [0, 0.1) is 0 Å². The first-order valence-corrected chi connectivity index (χ1v) is 5.96. The molecule has 0 aromatic heterocycles. The van der Waals surface area contributed by atoms with Gasteiger partial charge in [-0.15, -0.1) is 0 Å². The van der Waals surface area contributed by atoms with Crippen molar-refractivity contribution in [2.24, 2.45) is 0 Å². The van der Waals surface area contributed by atoms with Gasteiger partial charge >= 0.3 is 0 Å². The van der Waals surface area contributed by atoms with E-state index in [0.29, 0.717) is 0 Å². The molecule has 2 nitrogen and oxygen atoms in total. The van der Waals surface area contributed by atoms with E-state index in [9.17, 15) is 0 Å². The summed E-state index contributed by atoms with van der Waals surface area (Å²) < 4.78 is 5.28. The van der Waals surface area contributed by atoms with E-state index in [1.807, 2.05) is 6.07 Å². The summed E-state index contributed by atoms with van der Waals surface area (Å²) in [6.45, 7) is 3.11. The Morgan fingerprint density at radius 2 is 2.20 bits per heavy atom. The van der Waals surface area contributed by atoms with Gasteiger partial charge in [0.15, 0.2) is 0 Å². The molecule has 0 radical (unpaired) electrons. The summed E-state index contributed by atoms with van der Waals surface area (Å²) >= 11 is 4.18. The van der Waals surface area contributed by atoms with E-state index < -0.39 is 0 Å². The summed E-state index contributed by atoms with van der Waals surface area (Å²) in [4.78, 5) is 0. The van der Waals surface area contributed by atoms with Gasteiger partial charge in [-0.25, -0.2) is 0 Å². The maximum Gasteiger partial charge on any atom is 0.122 e. The van der Waals surface area contributed by atoms with Gasteiger partial charge in [0.05, 0.1) is 7.11 Å². The molecule has 0 aliphatic rings. The molecule has 1 aromatic rings. The molecule has 1 N–H and O–H groups in total. The minimum absolute atomic E-state index is 0.920. The van der Waals surface area contributed by atoms with Crippen molar-refractivity contribution in [1.29, 1.82) is 0 Å². The number of hydrogen-bond donors (Lipinski definition) is 2. The summed E-state index contributed by atoms with van der Waals surface area (Å²) in [5.41, 5.74) is 2.41. The number of aryl methyl sites for hydroxylation is 1. The largest absolute Gasteiger partial charge is 0.496 e. The minimum Gasteiger partial charge on any atom is -0.496 e. The van der Waals surface area contributed by atoms with Crippen molar-refractivity contribution >= 4 is 18.3 Å². The Balaban J connectivity index is 2.66. The average Bonchev–Trinajstić information content (AvgIpc) is 2.29. The Morgan fingerprint density at radius 1 is 1.40 bits per heavy atom. The fourth-order valence-corrected chi connectivity index (χ4v) is 1.63. The standard InChI is InChI=1S/C12H19NOS/c1-3-10-9-11(13-7-4-8-15)5-6-12(10)14-2/h5-6,9,13,15H,3-4,7-8H2,1-2H3. The summed E-state index contributed by atoms with van der Waals surface area (Å²) in [7, 11) is 1.71. The van der Waals surface area contributed by atoms with Crippen LogP contribution in [0.15, 0.2) is 18.2 Å². The molecule has 0 saturated heterocycles. The fourth-order valence-electron chi connectivity index (χ4n) is 1.48. The zero-order valence-electron chi connectivity index (χ0n) is 9.42. The molecule has 1 aromatic carbocycles. The van der Waals surface area contributed by atoms with Gasteiger partial charge in [0.25, 0.3) is 0 Å². The van der Waals surface area contributed by atoms with Crippen LogP contribution in [0.4, 0.5) is 5.69 Å². The first kappa shape index (κ1) is 12.2. The van der Waals surface area contributed by atoms with Gasteiger partial charge in [-0.1, -0.05) is 6.92 Å². The topological polar surface area (TPSA) is 21.3 Å². The highest BCUT2D eigenvalue weighted by Gasteiger charge is 2.01. The zero-order valence-corrected chi connectivity index (χ0v) is 10.3. The summed E-state index contributed by atoms with van der Waals surface area (Å²) in [5, 5.41) is 3.37. The normalized spacial score (nSPS) is 10.1. The van der Waals surface area contributed by atoms with E-state index in [-0.39, 0.29) is 0 Å². The Kier molecular flexibility index (Phi) is 5.40. The minimum atomic E-state index is 0.920. The molecule has 0 amide bonds. The van der Waals surface area contributed by atoms with Crippen molar-refractivity contribution in [2.45, 2.75) is 19.8 Å². The van der Waals surface area contributed by atoms with Gasteiger partial charge in [-0.3, -0.25) is 0 Å². The van der Waals surface area contributed by atoms with Crippen LogP contribution >= 0.6 is 12.6 Å². The maximum absolute atomic E-state index is 5.28. The molecule has 0 unspecified atom stereocenters. The molecule has 84 valence electrons. The van der Waals surface area contributed by atoms with Crippen molar-refractivity contribution in [2.75, 3.05) is 24.7 Å². The van der Waals surface area contributed by atoms with E-state index in [1.54, 1.807) is 7.11 Å². The maximum atomic E-state index is 5.28. The van der Waals surface area contributed by atoms with Crippen LogP contribution in [0.25, 0.3) is 0 Å². The Labute approximate surface area is 97.4 Å². The number of anilines is 1. The van der Waals surface area contributed by atoms with Gasteiger partial charge < -0.3 is 10.1 Å². The van der Waals surface area contributed by atoms with Crippen LogP contribution in [0.2, 0.25) is 0 Å². The second-order valence-corrected chi connectivity index (χ2v) is 3.83. The molecule has 0 saturated carbocycles. The number of nitrogens with one attached hydrogen (secondary N) is 1. The second kappa shape index (κ2) is 6.62. The molecule has 0 aliphatic heterocycles. The summed E-state index contributed by atoms with van der Waals surface area (Å²) in [6, 6.07) is 6.22. The highest BCUT2D eigenvalue weighted by molar-refractivity contribution is 7.80. The molecule has 0 aliphatic carbocycles. The predicted molar refractivity (Wildman–Crippen MR) is 69.3 cm³/mol. The number of methoxy groups -OCH3 is 1. The molecular weight excluding hydrogens is 206 g/mol. The molecule has 0 heterocycles. The van der Waals surface area contributed by atoms with Crippen molar-refractivity contribution < 1.29 is 4.74 Å². The van der Waals surface area contributed by atoms with Crippen molar-refractivity contribution in [1.82, 2.24) is 0 Å². The van der Waals surface area contributed by atoms with Crippen LogP contribution in [-0.2, 0) is 6.42 Å². The Bertz CT molecular complexity index is 302. The number of ether oxygens (including phenoxy) is 1. The van der Waals surface area contributed by atoms with E-state index in [0.717, 1.165) is 36.6 Å². The molecular formula is C12H19NOS. The van der Waals surface area contributed by atoms with Crippen LogP contribution in [0.1, 0.15) is 18.9 Å². The van der Waals surface area contributed by atoms with Crippen LogP contribution < -0.4 is 10.1 Å². The molecule has 0 fully saturated rings. The molecule has 0 spiro atoms. The third-order valence-corrected chi connectivity index (χ3v) is 2.64. The quantitative estimate of drug-likeness (QED) is 0.573. The third kappa shape index (κ3) is 3.67. The van der Waals surface area contributed by atoms with Crippen LogP contribution in [0.5, 0.6) is 5.75 Å². The highest BCUT2D eigenvalue weighted by atomic mass is 32.1. The lowest BCUT2D eigenvalue weighted by molar-refractivity contribution is 0.410. The van der Waals surface area contributed by atoms with E-state index in [4.69, 9.17) is 4.74 Å². The number of hydrogen-bond acceptors (Lipinski definition) is 3. The van der Waals surface area contributed by atoms with Crippen molar-refractivity contribution in [3.05, 3.63) is 23.8 Å². The zero-order chi connectivity index (χ0) is 11.1. The average molecular weight is 225 g/mol. The van der Waals surface area contributed by atoms with Gasteiger partial charge in [0.1, 0.15) is 5.75 Å². The number of rotatable bonds is 6. The Hall–Kier alpha value is -0.830. The fraction of sp³-hybridized carbons (Fsp3) is 0.500. The van der Waals surface area contributed by atoms with E-state index >= 15 is 0 Å². The van der Waals surface area contributed by atoms with E-state index in [2.05, 4.69) is 37.0 Å². The van der Waals surface area contributed by atoms with Gasteiger partial charge in [0, 0.05) is 12.2 Å². The SMILES string of the molecule is CCc1cc(NCCCS)ccc1OC. The predicted octanol–water partition coefficient (Wildman–Crippen LogP) is 2.99. The third-order valence-electron chi connectivity index (χ3n) is 2.33. The first-order chi connectivity index (χ1) is 7.31. The summed E-state index contributed by atoms with van der Waals surface area (Å²) in [6.07, 6.45) is 2.07. The molecule has 0 bridgehead atoms. The lowest BCUT2D eigenvalue weighted by Crippen LogP contribution is -2.02. The van der Waals surface area contributed by atoms with Gasteiger partial charge in [-0.05, 0) is 42.4 Å². The van der Waals surface area contributed by atoms with Crippen molar-refractivity contribution in [3.8, 4) is 5.75 Å².